The molecule has 0 spiro atoms. The lowest BCUT2D eigenvalue weighted by Gasteiger charge is -2.09. The molecule has 0 aliphatic rings. The molecule has 4 rings (SSSR count). The summed E-state index contributed by atoms with van der Waals surface area (Å²) in [5.74, 6) is 1.44. The first-order valence-corrected chi connectivity index (χ1v) is 7.17. The van der Waals surface area contributed by atoms with Gasteiger partial charge in [0.25, 0.3) is 0 Å². The Bertz CT molecular complexity index is 1070. The molecule has 0 unspecified atom stereocenters. The third-order valence-electron chi connectivity index (χ3n) is 3.82. The van der Waals surface area contributed by atoms with E-state index in [1.54, 1.807) is 16.8 Å². The summed E-state index contributed by atoms with van der Waals surface area (Å²) in [7, 11) is 0. The molecule has 7 heteroatoms. The molecule has 0 amide bonds. The predicted molar refractivity (Wildman–Crippen MR) is 89.8 cm³/mol. The molecule has 7 nitrogen and oxygen atoms in total. The highest BCUT2D eigenvalue weighted by atomic mass is 15.3. The number of aryl methyl sites for hydroxylation is 2. The van der Waals surface area contributed by atoms with Crippen LogP contribution in [0, 0.1) is 13.8 Å². The second-order valence-corrected chi connectivity index (χ2v) is 5.56. The highest BCUT2D eigenvalue weighted by molar-refractivity contribution is 6.01. The molecule has 0 aliphatic carbocycles. The van der Waals surface area contributed by atoms with Crippen molar-refractivity contribution in [3.63, 3.8) is 0 Å². The van der Waals surface area contributed by atoms with Crippen LogP contribution in [0.25, 0.3) is 27.8 Å². The smallest absolute Gasteiger partial charge is 0.184 e. The molecule has 0 aromatic carbocycles. The minimum absolute atomic E-state index is 0.420. The van der Waals surface area contributed by atoms with Gasteiger partial charge in [0, 0.05) is 23.2 Å². The highest BCUT2D eigenvalue weighted by Crippen LogP contribution is 2.32. The van der Waals surface area contributed by atoms with E-state index in [4.69, 9.17) is 11.5 Å². The summed E-state index contributed by atoms with van der Waals surface area (Å²) < 4.78 is 1.76. The molecule has 0 bridgehead atoms. The SMILES string of the molecule is Cc1ccc2nc(-c3c(C)nc(N)c4cnc(N)cc34)nn2c1. The van der Waals surface area contributed by atoms with Gasteiger partial charge in [-0.05, 0) is 31.5 Å². The van der Waals surface area contributed by atoms with E-state index in [-0.39, 0.29) is 0 Å². The highest BCUT2D eigenvalue weighted by Gasteiger charge is 2.16. The third-order valence-corrected chi connectivity index (χ3v) is 3.82. The van der Waals surface area contributed by atoms with Crippen molar-refractivity contribution in [2.45, 2.75) is 13.8 Å². The first kappa shape index (κ1) is 13.4. The summed E-state index contributed by atoms with van der Waals surface area (Å²) in [6, 6.07) is 5.72. The minimum Gasteiger partial charge on any atom is -0.384 e. The summed E-state index contributed by atoms with van der Waals surface area (Å²) in [4.78, 5) is 13.1. The summed E-state index contributed by atoms with van der Waals surface area (Å²) in [6.07, 6.45) is 3.57. The average molecular weight is 305 g/mol. The van der Waals surface area contributed by atoms with Crippen molar-refractivity contribution in [3.05, 3.63) is 41.9 Å². The van der Waals surface area contributed by atoms with Crippen LogP contribution in [-0.2, 0) is 0 Å². The number of fused-ring (bicyclic) bond motifs is 2. The van der Waals surface area contributed by atoms with Crippen molar-refractivity contribution in [2.75, 3.05) is 11.5 Å². The maximum atomic E-state index is 6.01. The largest absolute Gasteiger partial charge is 0.384 e. The van der Waals surface area contributed by atoms with E-state index >= 15 is 0 Å². The molecule has 4 aromatic rings. The van der Waals surface area contributed by atoms with Gasteiger partial charge in [-0.25, -0.2) is 19.5 Å². The topological polar surface area (TPSA) is 108 Å². The molecular formula is C16H15N7. The van der Waals surface area contributed by atoms with Crippen LogP contribution < -0.4 is 11.5 Å². The number of nitrogens with two attached hydrogens (primary N) is 2. The molecule has 0 fully saturated rings. The zero-order valence-electron chi connectivity index (χ0n) is 12.8. The Morgan fingerprint density at radius 3 is 2.70 bits per heavy atom. The van der Waals surface area contributed by atoms with E-state index in [2.05, 4.69) is 20.1 Å². The van der Waals surface area contributed by atoms with Gasteiger partial charge in [0.1, 0.15) is 11.6 Å². The molecule has 23 heavy (non-hydrogen) atoms. The second-order valence-electron chi connectivity index (χ2n) is 5.56. The summed E-state index contributed by atoms with van der Waals surface area (Å²) in [5.41, 5.74) is 15.3. The van der Waals surface area contributed by atoms with E-state index < -0.39 is 0 Å². The molecular weight excluding hydrogens is 290 g/mol. The molecule has 114 valence electrons. The predicted octanol–water partition coefficient (Wildman–Crippen LogP) is 2.12. The van der Waals surface area contributed by atoms with Gasteiger partial charge in [0.2, 0.25) is 0 Å². The quantitative estimate of drug-likeness (QED) is 0.557. The maximum Gasteiger partial charge on any atom is 0.184 e. The molecule has 4 N–H and O–H groups in total. The van der Waals surface area contributed by atoms with Gasteiger partial charge in [0.15, 0.2) is 11.5 Å². The van der Waals surface area contributed by atoms with Crippen LogP contribution in [0.2, 0.25) is 0 Å². The molecule has 0 aliphatic heterocycles. The number of aromatic nitrogens is 5. The lowest BCUT2D eigenvalue weighted by molar-refractivity contribution is 0.955. The van der Waals surface area contributed by atoms with Crippen LogP contribution >= 0.6 is 0 Å². The van der Waals surface area contributed by atoms with Crippen molar-refractivity contribution in [2.24, 2.45) is 0 Å². The number of hydrogen-bond acceptors (Lipinski definition) is 6. The van der Waals surface area contributed by atoms with Crippen molar-refractivity contribution >= 4 is 28.1 Å². The van der Waals surface area contributed by atoms with Gasteiger partial charge >= 0.3 is 0 Å². The van der Waals surface area contributed by atoms with Crippen LogP contribution in [0.3, 0.4) is 0 Å². The molecule has 4 heterocycles. The Morgan fingerprint density at radius 2 is 1.87 bits per heavy atom. The van der Waals surface area contributed by atoms with Crippen molar-refractivity contribution < 1.29 is 0 Å². The number of hydrogen-bond donors (Lipinski definition) is 2. The first-order valence-electron chi connectivity index (χ1n) is 7.17. The van der Waals surface area contributed by atoms with Crippen LogP contribution in [0.1, 0.15) is 11.3 Å². The normalized spacial score (nSPS) is 11.4. The minimum atomic E-state index is 0.420. The number of nitrogen functional groups attached to an aromatic ring is 2. The summed E-state index contributed by atoms with van der Waals surface area (Å²) >= 11 is 0. The van der Waals surface area contributed by atoms with E-state index in [1.165, 1.54) is 0 Å². The fourth-order valence-corrected chi connectivity index (χ4v) is 2.75. The number of rotatable bonds is 1. The number of pyridine rings is 3. The van der Waals surface area contributed by atoms with E-state index in [1.807, 2.05) is 32.2 Å². The van der Waals surface area contributed by atoms with Crippen molar-refractivity contribution in [3.8, 4) is 11.4 Å². The zero-order valence-corrected chi connectivity index (χ0v) is 12.8. The summed E-state index contributed by atoms with van der Waals surface area (Å²) in [5, 5.41) is 6.18. The Balaban J connectivity index is 2.08. The van der Waals surface area contributed by atoms with Crippen molar-refractivity contribution in [1.82, 2.24) is 24.6 Å². The lowest BCUT2D eigenvalue weighted by atomic mass is 10.1. The van der Waals surface area contributed by atoms with E-state index in [9.17, 15) is 0 Å². The van der Waals surface area contributed by atoms with Gasteiger partial charge in [-0.15, -0.1) is 5.10 Å². The standard InChI is InChI=1S/C16H15N7/c1-8-3-4-13-21-16(22-23(13)7-8)14-9(2)20-15(18)11-6-19-12(17)5-10(11)14/h3-7H,1-2H3,(H2,17,19)(H2,18,20). The van der Waals surface area contributed by atoms with Crippen LogP contribution in [0.4, 0.5) is 11.6 Å². The maximum absolute atomic E-state index is 6.01. The van der Waals surface area contributed by atoms with Gasteiger partial charge in [-0.1, -0.05) is 6.07 Å². The molecule has 4 aromatic heterocycles. The van der Waals surface area contributed by atoms with Gasteiger partial charge in [0.05, 0.1) is 11.3 Å². The van der Waals surface area contributed by atoms with E-state index in [0.29, 0.717) is 17.5 Å². The number of nitrogens with zero attached hydrogens (tertiary/aromatic N) is 5. The molecule has 0 radical (unpaired) electrons. The summed E-state index contributed by atoms with van der Waals surface area (Å²) in [6.45, 7) is 3.90. The zero-order chi connectivity index (χ0) is 16.1. The van der Waals surface area contributed by atoms with Gasteiger partial charge in [-0.2, -0.15) is 0 Å². The fourth-order valence-electron chi connectivity index (χ4n) is 2.75. The average Bonchev–Trinajstić information content (AvgIpc) is 2.89. The fraction of sp³-hybridized carbons (Fsp3) is 0.125. The van der Waals surface area contributed by atoms with Crippen LogP contribution in [0.15, 0.2) is 30.6 Å². The van der Waals surface area contributed by atoms with Gasteiger partial charge < -0.3 is 11.5 Å². The Morgan fingerprint density at radius 1 is 1.04 bits per heavy atom. The van der Waals surface area contributed by atoms with Gasteiger partial charge in [-0.3, -0.25) is 0 Å². The van der Waals surface area contributed by atoms with Crippen molar-refractivity contribution in [1.29, 1.82) is 0 Å². The second kappa shape index (κ2) is 4.64. The van der Waals surface area contributed by atoms with E-state index in [0.717, 1.165) is 33.2 Å². The third kappa shape index (κ3) is 2.05. The number of anilines is 2. The monoisotopic (exact) mass is 305 g/mol. The Labute approximate surface area is 132 Å². The van der Waals surface area contributed by atoms with Crippen LogP contribution in [-0.4, -0.2) is 24.6 Å². The molecule has 0 saturated heterocycles. The lowest BCUT2D eigenvalue weighted by Crippen LogP contribution is -2.00. The van der Waals surface area contributed by atoms with Crippen LogP contribution in [0.5, 0.6) is 0 Å². The Hall–Kier alpha value is -3.22. The first-order chi connectivity index (χ1) is 11.0. The molecule has 0 saturated carbocycles. The Kier molecular flexibility index (Phi) is 2.71. The molecule has 0 atom stereocenters.